The van der Waals surface area contributed by atoms with Crippen LogP contribution in [0.2, 0.25) is 5.02 Å². The van der Waals surface area contributed by atoms with E-state index in [1.165, 1.54) is 4.90 Å². The summed E-state index contributed by atoms with van der Waals surface area (Å²) in [6, 6.07) is 5.00. The van der Waals surface area contributed by atoms with Crippen LogP contribution in [-0.4, -0.2) is 43.4 Å². The fraction of sp³-hybridized carbons (Fsp3) is 0.429. The Balaban J connectivity index is 2.13. The normalized spacial score (nSPS) is 18.6. The lowest BCUT2D eigenvalue weighted by Crippen LogP contribution is -2.34. The Labute approximate surface area is 123 Å². The van der Waals surface area contributed by atoms with Crippen molar-refractivity contribution < 1.29 is 9.59 Å². The fourth-order valence-corrected chi connectivity index (χ4v) is 2.64. The van der Waals surface area contributed by atoms with Gasteiger partial charge in [-0.05, 0) is 25.1 Å². The summed E-state index contributed by atoms with van der Waals surface area (Å²) in [5.41, 5.74) is 1.64. The molecule has 0 saturated carbocycles. The second-order valence-electron chi connectivity index (χ2n) is 4.94. The molecule has 1 aliphatic heterocycles. The summed E-state index contributed by atoms with van der Waals surface area (Å²) in [4.78, 5) is 26.9. The average molecular weight is 296 g/mol. The number of nitrogens with one attached hydrogen (secondary N) is 1. The standard InChI is InChI=1S/C14H18ClN3O2/c1-4-18-13(19)8-11(14(18)20)16-9-5-6-12(17(2)3)10(15)7-9/h5-7,11,16H,4,8H2,1-3H3. The van der Waals surface area contributed by atoms with E-state index in [0.29, 0.717) is 11.6 Å². The molecule has 5 nitrogen and oxygen atoms in total. The van der Waals surface area contributed by atoms with Gasteiger partial charge in [-0.15, -0.1) is 0 Å². The van der Waals surface area contributed by atoms with Gasteiger partial charge < -0.3 is 10.2 Å². The van der Waals surface area contributed by atoms with Crippen LogP contribution < -0.4 is 10.2 Å². The molecule has 1 unspecified atom stereocenters. The maximum absolute atomic E-state index is 12.0. The predicted molar refractivity (Wildman–Crippen MR) is 80.2 cm³/mol. The zero-order chi connectivity index (χ0) is 14.9. The maximum atomic E-state index is 12.0. The SMILES string of the molecule is CCN1C(=O)CC(Nc2ccc(N(C)C)c(Cl)c2)C1=O. The minimum atomic E-state index is -0.497. The first-order valence-electron chi connectivity index (χ1n) is 6.51. The lowest BCUT2D eigenvalue weighted by atomic mass is 10.2. The van der Waals surface area contributed by atoms with Gasteiger partial charge in [-0.2, -0.15) is 0 Å². The monoisotopic (exact) mass is 295 g/mol. The lowest BCUT2D eigenvalue weighted by Gasteiger charge is -2.17. The van der Waals surface area contributed by atoms with Crippen molar-refractivity contribution in [3.63, 3.8) is 0 Å². The van der Waals surface area contributed by atoms with Crippen LogP contribution in [0, 0.1) is 0 Å². The molecular weight excluding hydrogens is 278 g/mol. The molecule has 1 atom stereocenters. The minimum absolute atomic E-state index is 0.133. The highest BCUT2D eigenvalue weighted by atomic mass is 35.5. The number of halogens is 1. The van der Waals surface area contributed by atoms with E-state index in [-0.39, 0.29) is 18.2 Å². The summed E-state index contributed by atoms with van der Waals surface area (Å²) in [5.74, 6) is -0.309. The van der Waals surface area contributed by atoms with Crippen molar-refractivity contribution in [2.75, 3.05) is 30.9 Å². The van der Waals surface area contributed by atoms with Gasteiger partial charge in [0.1, 0.15) is 6.04 Å². The number of imide groups is 1. The first-order valence-corrected chi connectivity index (χ1v) is 6.89. The van der Waals surface area contributed by atoms with Crippen LogP contribution in [0.25, 0.3) is 0 Å². The Morgan fingerprint density at radius 1 is 1.40 bits per heavy atom. The quantitative estimate of drug-likeness (QED) is 0.863. The van der Waals surface area contributed by atoms with Crippen molar-refractivity contribution >= 4 is 34.8 Å². The first-order chi connectivity index (χ1) is 9.43. The number of hydrogen-bond donors (Lipinski definition) is 1. The highest BCUT2D eigenvalue weighted by Gasteiger charge is 2.37. The smallest absolute Gasteiger partial charge is 0.252 e. The molecule has 0 spiro atoms. The summed E-state index contributed by atoms with van der Waals surface area (Å²) < 4.78 is 0. The van der Waals surface area contributed by atoms with Gasteiger partial charge in [-0.25, -0.2) is 0 Å². The molecule has 20 heavy (non-hydrogen) atoms. The molecule has 1 saturated heterocycles. The van der Waals surface area contributed by atoms with Gasteiger partial charge in [0.05, 0.1) is 17.1 Å². The first kappa shape index (κ1) is 14.7. The third-order valence-electron chi connectivity index (χ3n) is 3.33. The zero-order valence-electron chi connectivity index (χ0n) is 11.8. The number of carbonyl (C=O) groups excluding carboxylic acids is 2. The van der Waals surface area contributed by atoms with Gasteiger partial charge in [-0.3, -0.25) is 14.5 Å². The largest absolute Gasteiger partial charge is 0.376 e. The van der Waals surface area contributed by atoms with E-state index >= 15 is 0 Å². The van der Waals surface area contributed by atoms with Gasteiger partial charge in [0.15, 0.2) is 0 Å². The lowest BCUT2D eigenvalue weighted by molar-refractivity contribution is -0.138. The second kappa shape index (κ2) is 5.71. The van der Waals surface area contributed by atoms with E-state index in [4.69, 9.17) is 11.6 Å². The summed E-state index contributed by atoms with van der Waals surface area (Å²) in [6.45, 7) is 2.21. The van der Waals surface area contributed by atoms with E-state index < -0.39 is 6.04 Å². The molecule has 2 rings (SSSR count). The Hall–Kier alpha value is -1.75. The molecule has 1 aromatic rings. The van der Waals surface area contributed by atoms with Crippen LogP contribution >= 0.6 is 11.6 Å². The highest BCUT2D eigenvalue weighted by Crippen LogP contribution is 2.28. The number of amides is 2. The van der Waals surface area contributed by atoms with Gasteiger partial charge in [0.2, 0.25) is 5.91 Å². The van der Waals surface area contributed by atoms with Crippen LogP contribution in [0.5, 0.6) is 0 Å². The van der Waals surface area contributed by atoms with E-state index in [0.717, 1.165) is 11.4 Å². The van der Waals surface area contributed by atoms with Gasteiger partial charge in [-0.1, -0.05) is 11.6 Å². The summed E-state index contributed by atoms with van der Waals surface area (Å²) in [5, 5.41) is 3.68. The molecule has 6 heteroatoms. The Morgan fingerprint density at radius 2 is 2.10 bits per heavy atom. The molecule has 0 radical (unpaired) electrons. The average Bonchev–Trinajstić information content (AvgIpc) is 2.63. The third-order valence-corrected chi connectivity index (χ3v) is 3.63. The molecule has 1 aliphatic rings. The number of rotatable bonds is 4. The van der Waals surface area contributed by atoms with Crippen LogP contribution in [0.15, 0.2) is 18.2 Å². The Bertz CT molecular complexity index is 545. The van der Waals surface area contributed by atoms with Crippen molar-refractivity contribution in [2.24, 2.45) is 0 Å². The number of likely N-dealkylation sites (N-methyl/N-ethyl adjacent to an activating group) is 1. The summed E-state index contributed by atoms with van der Waals surface area (Å²) in [6.07, 6.45) is 0.194. The Morgan fingerprint density at radius 3 is 2.60 bits per heavy atom. The molecule has 108 valence electrons. The molecule has 0 aliphatic carbocycles. The van der Waals surface area contributed by atoms with Gasteiger partial charge >= 0.3 is 0 Å². The molecule has 1 aromatic carbocycles. The maximum Gasteiger partial charge on any atom is 0.252 e. The highest BCUT2D eigenvalue weighted by molar-refractivity contribution is 6.33. The van der Waals surface area contributed by atoms with E-state index in [1.54, 1.807) is 13.0 Å². The molecule has 2 amide bonds. The zero-order valence-corrected chi connectivity index (χ0v) is 12.6. The van der Waals surface area contributed by atoms with Crippen molar-refractivity contribution in [3.8, 4) is 0 Å². The van der Waals surface area contributed by atoms with Crippen molar-refractivity contribution in [2.45, 2.75) is 19.4 Å². The molecule has 1 fully saturated rings. The number of likely N-dealkylation sites (tertiary alicyclic amines) is 1. The molecular formula is C14H18ClN3O2. The third kappa shape index (κ3) is 2.72. The number of carbonyl (C=O) groups is 2. The van der Waals surface area contributed by atoms with Gasteiger partial charge in [0.25, 0.3) is 5.91 Å². The number of benzene rings is 1. The summed E-state index contributed by atoms with van der Waals surface area (Å²) >= 11 is 6.19. The molecule has 1 heterocycles. The van der Waals surface area contributed by atoms with E-state index in [9.17, 15) is 9.59 Å². The molecule has 0 bridgehead atoms. The Kier molecular flexibility index (Phi) is 4.18. The fourth-order valence-electron chi connectivity index (χ4n) is 2.29. The van der Waals surface area contributed by atoms with Crippen molar-refractivity contribution in [1.29, 1.82) is 0 Å². The number of anilines is 2. The summed E-state index contributed by atoms with van der Waals surface area (Å²) in [7, 11) is 3.82. The van der Waals surface area contributed by atoms with Crippen LogP contribution in [0.4, 0.5) is 11.4 Å². The van der Waals surface area contributed by atoms with Crippen LogP contribution in [0.1, 0.15) is 13.3 Å². The number of nitrogens with zero attached hydrogens (tertiary/aromatic N) is 2. The van der Waals surface area contributed by atoms with Crippen molar-refractivity contribution in [1.82, 2.24) is 4.90 Å². The van der Waals surface area contributed by atoms with Gasteiger partial charge in [0, 0.05) is 26.3 Å². The second-order valence-corrected chi connectivity index (χ2v) is 5.35. The molecule has 1 N–H and O–H groups in total. The topological polar surface area (TPSA) is 52.7 Å². The van der Waals surface area contributed by atoms with Crippen molar-refractivity contribution in [3.05, 3.63) is 23.2 Å². The van der Waals surface area contributed by atoms with Crippen LogP contribution in [-0.2, 0) is 9.59 Å². The van der Waals surface area contributed by atoms with E-state index in [2.05, 4.69) is 5.32 Å². The molecule has 0 aromatic heterocycles. The number of hydrogen-bond acceptors (Lipinski definition) is 4. The van der Waals surface area contributed by atoms with Crippen LogP contribution in [0.3, 0.4) is 0 Å². The minimum Gasteiger partial charge on any atom is -0.376 e. The predicted octanol–water partition coefficient (Wildman–Crippen LogP) is 1.97. The van der Waals surface area contributed by atoms with E-state index in [1.807, 2.05) is 31.1 Å².